The molecule has 2 heterocycles. The Labute approximate surface area is 352 Å². The molecule has 318 valence electrons. The molecule has 1 aliphatic heterocycles. The van der Waals surface area contributed by atoms with Gasteiger partial charge in [-0.1, -0.05) is 231 Å². The van der Waals surface area contributed by atoms with Gasteiger partial charge in [0.2, 0.25) is 0 Å². The lowest BCUT2D eigenvalue weighted by Crippen LogP contribution is -1.92. The maximum Gasteiger partial charge on any atom is 0.159 e. The van der Waals surface area contributed by atoms with E-state index in [-0.39, 0.29) is 5.78 Å². The molecule has 0 saturated heterocycles. The molecule has 0 N–H and O–H groups in total. The lowest BCUT2D eigenvalue weighted by molar-refractivity contribution is 0.101. The number of aryl methyl sites for hydroxylation is 3. The molecule has 1 aromatic heterocycles. The predicted octanol–water partition coefficient (Wildman–Crippen LogP) is 16.7. The van der Waals surface area contributed by atoms with Crippen molar-refractivity contribution in [1.29, 1.82) is 0 Å². The van der Waals surface area contributed by atoms with Crippen LogP contribution in [0.4, 0.5) is 0 Å². The van der Waals surface area contributed by atoms with Crippen molar-refractivity contribution in [2.24, 2.45) is 0 Å². The molecular weight excluding hydrogens is 697 g/mol. The average molecular weight is 781 g/mol. The van der Waals surface area contributed by atoms with E-state index < -0.39 is 0 Å². The Hall–Kier alpha value is -4.96. The zero-order valence-electron chi connectivity index (χ0n) is 39.5. The highest BCUT2D eigenvalue weighted by molar-refractivity contribution is 5.93. The number of rotatable bonds is 3. The monoisotopic (exact) mass is 781 g/mol. The Bertz CT molecular complexity index is 1460. The first-order chi connectivity index (χ1) is 28.1. The van der Waals surface area contributed by atoms with Gasteiger partial charge in [-0.3, -0.25) is 9.48 Å². The molecule has 4 heteroatoms. The minimum Gasteiger partial charge on any atom is -0.497 e. The van der Waals surface area contributed by atoms with Crippen LogP contribution in [0.1, 0.15) is 139 Å². The second-order valence-electron chi connectivity index (χ2n) is 9.77. The van der Waals surface area contributed by atoms with Crippen molar-refractivity contribution in [2.75, 3.05) is 7.11 Å². The standard InChI is InChI=1S/C10H8.C8H8O.C8H10.C7H8O.C6H8N2.7C2H6/c1-2-6-10-8-4-3-7-9(10)5-1;1-7(9)8-5-3-2-4-6-8;1-2-8-6-4-3-5-7-8;1-8-7-5-3-2-4-6-7;1-2-6-3-4-7-8(6)5-1;7*1-2/h1-8H;2-6H,1H3;3-7H,2H2,1H3;2-6H,1H3;3-4H,1-2,5H2;7*1-2H3. The van der Waals surface area contributed by atoms with E-state index in [1.165, 1.54) is 34.9 Å². The van der Waals surface area contributed by atoms with Gasteiger partial charge in [0.15, 0.2) is 5.78 Å². The van der Waals surface area contributed by atoms with Gasteiger partial charge in [-0.25, -0.2) is 0 Å². The number of Topliss-reactive ketones (excluding diaryl/α,β-unsaturated/α-hetero) is 1. The molecule has 4 nitrogen and oxygen atoms in total. The minimum atomic E-state index is 0.121. The Kier molecular flexibility index (Phi) is 54.9. The van der Waals surface area contributed by atoms with Crippen LogP contribution in [0.25, 0.3) is 10.8 Å². The van der Waals surface area contributed by atoms with Crippen LogP contribution >= 0.6 is 0 Å². The SMILES string of the molecule is CC.CC.CC.CC.CC.CC.CC.CC(=O)c1ccccc1.CCc1ccccc1.COc1ccccc1.c1cc2n(n1)CCC2.c1ccc2ccccc2c1. The second-order valence-corrected chi connectivity index (χ2v) is 9.77. The summed E-state index contributed by atoms with van der Waals surface area (Å²) in [7, 11) is 1.66. The van der Waals surface area contributed by atoms with Crippen LogP contribution in [0.3, 0.4) is 0 Å². The molecule has 1 aliphatic rings. The molecule has 0 bridgehead atoms. The Balaban J connectivity index is -0.000000184. The first-order valence-corrected chi connectivity index (χ1v) is 21.7. The molecule has 0 fully saturated rings. The van der Waals surface area contributed by atoms with Gasteiger partial charge in [0.05, 0.1) is 7.11 Å². The van der Waals surface area contributed by atoms with Gasteiger partial charge in [0.1, 0.15) is 5.75 Å². The van der Waals surface area contributed by atoms with Crippen LogP contribution in [0.5, 0.6) is 5.75 Å². The quantitative estimate of drug-likeness (QED) is 0.168. The number of methoxy groups -OCH3 is 1. The van der Waals surface area contributed by atoms with E-state index >= 15 is 0 Å². The second kappa shape index (κ2) is 51.0. The lowest BCUT2D eigenvalue weighted by atomic mass is 10.1. The van der Waals surface area contributed by atoms with Crippen molar-refractivity contribution in [1.82, 2.24) is 9.78 Å². The summed E-state index contributed by atoms with van der Waals surface area (Å²) in [6.45, 7) is 32.9. The first kappa shape index (κ1) is 61.3. The van der Waals surface area contributed by atoms with Gasteiger partial charge in [-0.2, -0.15) is 5.10 Å². The number of hydrogen-bond acceptors (Lipinski definition) is 3. The topological polar surface area (TPSA) is 44.1 Å². The van der Waals surface area contributed by atoms with Crippen molar-refractivity contribution >= 4 is 16.6 Å². The fourth-order valence-electron chi connectivity index (χ4n) is 4.26. The number of para-hydroxylation sites is 1. The van der Waals surface area contributed by atoms with Crippen LogP contribution in [0.15, 0.2) is 152 Å². The molecule has 0 radical (unpaired) electrons. The van der Waals surface area contributed by atoms with E-state index in [1.54, 1.807) is 14.0 Å². The number of benzene rings is 5. The third-order valence-electron chi connectivity index (χ3n) is 6.68. The Morgan fingerprint density at radius 2 is 0.912 bits per heavy atom. The number of fused-ring (bicyclic) bond motifs is 2. The van der Waals surface area contributed by atoms with E-state index in [0.717, 1.165) is 24.3 Å². The third-order valence-corrected chi connectivity index (χ3v) is 6.68. The van der Waals surface area contributed by atoms with Crippen molar-refractivity contribution in [3.63, 3.8) is 0 Å². The van der Waals surface area contributed by atoms with Crippen LogP contribution in [0, 0.1) is 0 Å². The summed E-state index contributed by atoms with van der Waals surface area (Å²) in [5.41, 5.74) is 3.58. The number of carbonyl (C=O) groups is 1. The fourth-order valence-corrected chi connectivity index (χ4v) is 4.26. The molecule has 7 rings (SSSR count). The van der Waals surface area contributed by atoms with Crippen LogP contribution in [0.2, 0.25) is 0 Å². The summed E-state index contributed by atoms with van der Waals surface area (Å²) in [5, 5.41) is 6.73. The van der Waals surface area contributed by atoms with E-state index in [9.17, 15) is 4.79 Å². The smallest absolute Gasteiger partial charge is 0.159 e. The molecule has 0 saturated carbocycles. The van der Waals surface area contributed by atoms with Crippen molar-refractivity contribution in [3.8, 4) is 5.75 Å². The number of aromatic nitrogens is 2. The lowest BCUT2D eigenvalue weighted by Gasteiger charge is -1.93. The van der Waals surface area contributed by atoms with Gasteiger partial charge in [0.25, 0.3) is 0 Å². The molecule has 0 amide bonds. The van der Waals surface area contributed by atoms with Crippen LogP contribution < -0.4 is 4.74 Å². The number of nitrogens with zero attached hydrogens (tertiary/aromatic N) is 2. The van der Waals surface area contributed by atoms with Crippen molar-refractivity contribution < 1.29 is 9.53 Å². The van der Waals surface area contributed by atoms with Crippen molar-refractivity contribution in [2.45, 2.75) is 137 Å². The van der Waals surface area contributed by atoms with E-state index in [0.29, 0.717) is 0 Å². The molecule has 6 aromatic rings. The Morgan fingerprint density at radius 3 is 1.21 bits per heavy atom. The number of ether oxygens (including phenoxy) is 1. The highest BCUT2D eigenvalue weighted by atomic mass is 16.5. The zero-order valence-corrected chi connectivity index (χ0v) is 39.5. The maximum atomic E-state index is 10.6. The molecule has 5 aromatic carbocycles. The predicted molar refractivity (Wildman–Crippen MR) is 259 cm³/mol. The molecule has 0 atom stereocenters. The number of hydrogen-bond donors (Lipinski definition) is 0. The summed E-state index contributed by atoms with van der Waals surface area (Å²) in [6, 6.07) is 48.2. The van der Waals surface area contributed by atoms with Crippen LogP contribution in [-0.2, 0) is 19.4 Å². The van der Waals surface area contributed by atoms with Gasteiger partial charge in [0, 0.05) is 24.0 Å². The van der Waals surface area contributed by atoms with Gasteiger partial charge in [-0.05, 0) is 60.7 Å². The largest absolute Gasteiger partial charge is 0.497 e. The van der Waals surface area contributed by atoms with Gasteiger partial charge in [-0.15, -0.1) is 0 Å². The van der Waals surface area contributed by atoms with E-state index in [2.05, 4.69) is 95.6 Å². The highest BCUT2D eigenvalue weighted by Crippen LogP contribution is 2.12. The number of ketones is 1. The maximum absolute atomic E-state index is 10.6. The molecule has 0 unspecified atom stereocenters. The average Bonchev–Trinajstić information content (AvgIpc) is 4.00. The van der Waals surface area contributed by atoms with Crippen molar-refractivity contribution in [3.05, 3.63) is 169 Å². The minimum absolute atomic E-state index is 0.121. The molecular formula is C53H84N2O2. The summed E-state index contributed by atoms with van der Waals surface area (Å²) in [6.07, 6.45) is 5.51. The number of carbonyl (C=O) groups excluding carboxylic acids is 1. The summed E-state index contributed by atoms with van der Waals surface area (Å²) >= 11 is 0. The summed E-state index contributed by atoms with van der Waals surface area (Å²) in [5.74, 6) is 1.03. The summed E-state index contributed by atoms with van der Waals surface area (Å²) < 4.78 is 6.98. The molecule has 57 heavy (non-hydrogen) atoms. The van der Waals surface area contributed by atoms with Gasteiger partial charge >= 0.3 is 0 Å². The highest BCUT2D eigenvalue weighted by Gasteiger charge is 2.07. The van der Waals surface area contributed by atoms with Crippen LogP contribution in [-0.4, -0.2) is 22.7 Å². The first-order valence-electron chi connectivity index (χ1n) is 21.7. The van der Waals surface area contributed by atoms with E-state index in [4.69, 9.17) is 4.74 Å². The Morgan fingerprint density at radius 1 is 0.544 bits per heavy atom. The van der Waals surface area contributed by atoms with Gasteiger partial charge < -0.3 is 4.74 Å². The van der Waals surface area contributed by atoms with E-state index in [1.807, 2.05) is 170 Å². The fraction of sp³-hybridized carbons (Fsp3) is 0.396. The summed E-state index contributed by atoms with van der Waals surface area (Å²) in [4.78, 5) is 10.6. The molecule has 0 spiro atoms. The molecule has 0 aliphatic carbocycles. The zero-order chi connectivity index (χ0) is 44.5. The normalized spacial score (nSPS) is 8.72. The third kappa shape index (κ3) is 32.9.